The fraction of sp³-hybridized carbons (Fsp3) is 0.389. The predicted octanol–water partition coefficient (Wildman–Crippen LogP) is 2.24. The zero-order valence-corrected chi connectivity index (χ0v) is 12.9. The maximum Gasteiger partial charge on any atom is 0.261 e. The maximum atomic E-state index is 12.9. The summed E-state index contributed by atoms with van der Waals surface area (Å²) in [5, 5.41) is 0. The molecule has 23 heavy (non-hydrogen) atoms. The Bertz CT molecular complexity index is 798. The summed E-state index contributed by atoms with van der Waals surface area (Å²) in [5.74, 6) is -0.160. The number of rotatable bonds is 2. The van der Waals surface area contributed by atoms with Gasteiger partial charge in [0.2, 0.25) is 0 Å². The van der Waals surface area contributed by atoms with Crippen LogP contribution in [-0.4, -0.2) is 27.3 Å². The van der Waals surface area contributed by atoms with Gasteiger partial charge >= 0.3 is 0 Å². The van der Waals surface area contributed by atoms with E-state index in [0.717, 1.165) is 48.9 Å². The average molecular weight is 309 g/mol. The van der Waals surface area contributed by atoms with Gasteiger partial charge in [-0.3, -0.25) is 14.6 Å². The number of carbonyl (C=O) groups is 1. The SMILES string of the molecule is O=C(c1cc2c([nH]c1=O)CCC2)N1CCC[C@@H]1c1cccnc1. The highest BCUT2D eigenvalue weighted by Crippen LogP contribution is 2.32. The number of aromatic nitrogens is 2. The summed E-state index contributed by atoms with van der Waals surface area (Å²) in [6.07, 6.45) is 8.30. The average Bonchev–Trinajstić information content (AvgIpc) is 3.23. The van der Waals surface area contributed by atoms with Crippen molar-refractivity contribution in [1.29, 1.82) is 0 Å². The third-order valence-electron chi connectivity index (χ3n) is 4.90. The van der Waals surface area contributed by atoms with Crippen LogP contribution in [0.5, 0.6) is 0 Å². The largest absolute Gasteiger partial charge is 0.331 e. The van der Waals surface area contributed by atoms with Crippen molar-refractivity contribution in [3.8, 4) is 0 Å². The van der Waals surface area contributed by atoms with Crippen molar-refractivity contribution in [3.05, 3.63) is 63.3 Å². The van der Waals surface area contributed by atoms with Gasteiger partial charge in [-0.05, 0) is 55.4 Å². The highest BCUT2D eigenvalue weighted by Gasteiger charge is 2.32. The molecule has 2 aliphatic rings. The molecule has 0 spiro atoms. The van der Waals surface area contributed by atoms with Crippen LogP contribution in [0, 0.1) is 0 Å². The van der Waals surface area contributed by atoms with Gasteiger partial charge in [0.1, 0.15) is 5.56 Å². The lowest BCUT2D eigenvalue weighted by Crippen LogP contribution is -2.34. The number of aryl methyl sites for hydroxylation is 2. The Morgan fingerprint density at radius 1 is 1.30 bits per heavy atom. The number of hydrogen-bond acceptors (Lipinski definition) is 3. The molecule has 4 rings (SSSR count). The zero-order chi connectivity index (χ0) is 15.8. The van der Waals surface area contributed by atoms with E-state index in [2.05, 4.69) is 9.97 Å². The van der Waals surface area contributed by atoms with Gasteiger partial charge in [-0.2, -0.15) is 0 Å². The summed E-state index contributed by atoms with van der Waals surface area (Å²) in [5.41, 5.74) is 3.17. The lowest BCUT2D eigenvalue weighted by molar-refractivity contribution is 0.0733. The molecule has 0 bridgehead atoms. The van der Waals surface area contributed by atoms with E-state index in [-0.39, 0.29) is 23.1 Å². The Balaban J connectivity index is 1.68. The first-order chi connectivity index (χ1) is 11.2. The number of nitrogens with zero attached hydrogens (tertiary/aromatic N) is 2. The summed E-state index contributed by atoms with van der Waals surface area (Å²) < 4.78 is 0. The van der Waals surface area contributed by atoms with Crippen molar-refractivity contribution in [1.82, 2.24) is 14.9 Å². The van der Waals surface area contributed by atoms with Crippen LogP contribution in [0.2, 0.25) is 0 Å². The number of aromatic amines is 1. The molecule has 1 N–H and O–H groups in total. The first-order valence-corrected chi connectivity index (χ1v) is 8.20. The molecule has 5 nitrogen and oxygen atoms in total. The number of hydrogen-bond donors (Lipinski definition) is 1. The fourth-order valence-electron chi connectivity index (χ4n) is 3.76. The molecule has 2 aromatic heterocycles. The van der Waals surface area contributed by atoms with Gasteiger partial charge in [0.25, 0.3) is 11.5 Å². The topological polar surface area (TPSA) is 66.1 Å². The van der Waals surface area contributed by atoms with Crippen molar-refractivity contribution < 1.29 is 4.79 Å². The van der Waals surface area contributed by atoms with Crippen LogP contribution in [0.15, 0.2) is 35.4 Å². The van der Waals surface area contributed by atoms with Gasteiger partial charge in [0.05, 0.1) is 6.04 Å². The third-order valence-corrected chi connectivity index (χ3v) is 4.90. The first kappa shape index (κ1) is 14.2. The summed E-state index contributed by atoms with van der Waals surface area (Å²) in [6, 6.07) is 5.71. The maximum absolute atomic E-state index is 12.9. The predicted molar refractivity (Wildman–Crippen MR) is 86.3 cm³/mol. The standard InChI is InChI=1S/C18H19N3O2/c22-17-14(10-12-4-1-6-15(12)20-17)18(23)21-9-3-7-16(21)13-5-2-8-19-11-13/h2,5,8,10-11,16H,1,3-4,6-7,9H2,(H,20,22)/t16-/m1/s1. The van der Waals surface area contributed by atoms with Crippen LogP contribution in [0.4, 0.5) is 0 Å². The molecule has 2 aromatic rings. The summed E-state index contributed by atoms with van der Waals surface area (Å²) in [7, 11) is 0. The minimum absolute atomic E-state index is 0.0175. The minimum Gasteiger partial charge on any atom is -0.331 e. The molecule has 118 valence electrons. The van der Waals surface area contributed by atoms with Crippen LogP contribution in [0.3, 0.4) is 0 Å². The lowest BCUT2D eigenvalue weighted by Gasteiger charge is -2.24. The van der Waals surface area contributed by atoms with E-state index in [0.29, 0.717) is 6.54 Å². The molecule has 1 amide bonds. The van der Waals surface area contributed by atoms with E-state index in [9.17, 15) is 9.59 Å². The van der Waals surface area contributed by atoms with E-state index in [1.54, 1.807) is 6.20 Å². The summed E-state index contributed by atoms with van der Waals surface area (Å²) in [4.78, 5) is 34.1. The third kappa shape index (κ3) is 2.46. The van der Waals surface area contributed by atoms with E-state index < -0.39 is 0 Å². The van der Waals surface area contributed by atoms with Gasteiger partial charge in [0.15, 0.2) is 0 Å². The Morgan fingerprint density at radius 2 is 2.22 bits per heavy atom. The normalized spacial score (nSPS) is 19.8. The first-order valence-electron chi connectivity index (χ1n) is 8.20. The molecule has 0 saturated carbocycles. The van der Waals surface area contributed by atoms with Gasteiger partial charge in [-0.1, -0.05) is 6.07 Å². The molecule has 3 heterocycles. The molecular formula is C18H19N3O2. The number of pyridine rings is 2. The Morgan fingerprint density at radius 3 is 3.04 bits per heavy atom. The van der Waals surface area contributed by atoms with Crippen molar-refractivity contribution in [2.75, 3.05) is 6.54 Å². The quantitative estimate of drug-likeness (QED) is 0.925. The smallest absolute Gasteiger partial charge is 0.261 e. The van der Waals surface area contributed by atoms with Crippen LogP contribution in [0.25, 0.3) is 0 Å². The van der Waals surface area contributed by atoms with Crippen LogP contribution in [-0.2, 0) is 12.8 Å². The van der Waals surface area contributed by atoms with Crippen molar-refractivity contribution >= 4 is 5.91 Å². The number of H-pyrrole nitrogens is 1. The Hall–Kier alpha value is -2.43. The van der Waals surface area contributed by atoms with E-state index >= 15 is 0 Å². The molecule has 0 radical (unpaired) electrons. The number of amides is 1. The molecule has 0 unspecified atom stereocenters. The van der Waals surface area contributed by atoms with Gasteiger partial charge in [-0.25, -0.2) is 0 Å². The summed E-state index contributed by atoms with van der Waals surface area (Å²) in [6.45, 7) is 0.689. The fourth-order valence-corrected chi connectivity index (χ4v) is 3.76. The second kappa shape index (κ2) is 5.65. The van der Waals surface area contributed by atoms with Gasteiger partial charge in [0, 0.05) is 24.6 Å². The second-order valence-electron chi connectivity index (χ2n) is 6.31. The van der Waals surface area contributed by atoms with Crippen LogP contribution >= 0.6 is 0 Å². The van der Waals surface area contributed by atoms with Crippen molar-refractivity contribution in [3.63, 3.8) is 0 Å². The molecule has 5 heteroatoms. The molecule has 1 saturated heterocycles. The Labute approximate surface area is 134 Å². The van der Waals surface area contributed by atoms with E-state index in [1.165, 1.54) is 0 Å². The molecule has 1 aliphatic carbocycles. The Kier molecular flexibility index (Phi) is 3.48. The van der Waals surface area contributed by atoms with Gasteiger partial charge < -0.3 is 9.88 Å². The van der Waals surface area contributed by atoms with Crippen molar-refractivity contribution in [2.24, 2.45) is 0 Å². The van der Waals surface area contributed by atoms with Crippen molar-refractivity contribution in [2.45, 2.75) is 38.1 Å². The lowest BCUT2D eigenvalue weighted by atomic mass is 10.1. The van der Waals surface area contributed by atoms with E-state index in [4.69, 9.17) is 0 Å². The highest BCUT2D eigenvalue weighted by molar-refractivity contribution is 5.94. The number of nitrogens with one attached hydrogen (secondary N) is 1. The number of fused-ring (bicyclic) bond motifs is 1. The molecular weight excluding hydrogens is 290 g/mol. The zero-order valence-electron chi connectivity index (χ0n) is 12.9. The van der Waals surface area contributed by atoms with Crippen LogP contribution < -0.4 is 5.56 Å². The van der Waals surface area contributed by atoms with E-state index in [1.807, 2.05) is 29.3 Å². The molecule has 1 fully saturated rings. The second-order valence-corrected chi connectivity index (χ2v) is 6.31. The monoisotopic (exact) mass is 309 g/mol. The molecule has 1 aliphatic heterocycles. The highest BCUT2D eigenvalue weighted by atomic mass is 16.2. The number of likely N-dealkylation sites (tertiary alicyclic amines) is 1. The summed E-state index contributed by atoms with van der Waals surface area (Å²) >= 11 is 0. The van der Waals surface area contributed by atoms with Gasteiger partial charge in [-0.15, -0.1) is 0 Å². The minimum atomic E-state index is -0.257. The number of carbonyl (C=O) groups excluding carboxylic acids is 1. The molecule has 1 atom stereocenters. The molecule has 0 aromatic carbocycles. The van der Waals surface area contributed by atoms with Crippen LogP contribution in [0.1, 0.15) is 52.5 Å².